The quantitative estimate of drug-likeness (QED) is 0.692. The minimum absolute atomic E-state index is 0.298. The minimum Gasteiger partial charge on any atom is -0.379 e. The molecule has 0 bridgehead atoms. The number of rotatable bonds is 4. The number of hydrogen-bond acceptors (Lipinski definition) is 8. The lowest BCUT2D eigenvalue weighted by molar-refractivity contribution is 0.00729. The number of aromatic nitrogens is 1. The van der Waals surface area contributed by atoms with Gasteiger partial charge in [0.05, 0.1) is 13.2 Å². The van der Waals surface area contributed by atoms with Crippen molar-refractivity contribution in [2.75, 3.05) is 31.3 Å². The summed E-state index contributed by atoms with van der Waals surface area (Å²) < 4.78 is 5.50. The first-order valence-electron chi connectivity index (χ1n) is 11.2. The largest absolute Gasteiger partial charge is 0.379 e. The topological polar surface area (TPSA) is 105 Å². The lowest BCUT2D eigenvalue weighted by Crippen LogP contribution is -2.53. The van der Waals surface area contributed by atoms with Crippen molar-refractivity contribution < 1.29 is 4.74 Å². The molecule has 164 valence electrons. The maximum Gasteiger partial charge on any atom is 0.215 e. The molecule has 2 fully saturated rings. The molecule has 1 saturated carbocycles. The van der Waals surface area contributed by atoms with Crippen LogP contribution in [0.3, 0.4) is 0 Å². The van der Waals surface area contributed by atoms with Gasteiger partial charge in [-0.25, -0.2) is 15.0 Å². The van der Waals surface area contributed by atoms with E-state index in [1.54, 1.807) is 11.2 Å². The van der Waals surface area contributed by atoms with Crippen LogP contribution < -0.4 is 21.9 Å². The summed E-state index contributed by atoms with van der Waals surface area (Å²) in [6.45, 7) is 3.91. The average molecular weight is 422 g/mol. The molecule has 2 aromatic rings. The highest BCUT2D eigenvalue weighted by Crippen LogP contribution is 2.36. The number of guanidine groups is 1. The summed E-state index contributed by atoms with van der Waals surface area (Å²) in [5.41, 5.74) is 18.1. The van der Waals surface area contributed by atoms with Gasteiger partial charge in [-0.3, -0.25) is 10.6 Å². The van der Waals surface area contributed by atoms with E-state index < -0.39 is 5.79 Å². The number of ether oxygens (including phenoxy) is 1. The van der Waals surface area contributed by atoms with Crippen LogP contribution >= 0.6 is 0 Å². The zero-order chi connectivity index (χ0) is 21.3. The number of benzene rings is 1. The molecule has 3 aliphatic rings. The molecule has 0 radical (unpaired) electrons. The number of pyridine rings is 1. The summed E-state index contributed by atoms with van der Waals surface area (Å²) in [6, 6.07) is 14.8. The van der Waals surface area contributed by atoms with Gasteiger partial charge >= 0.3 is 0 Å². The minimum atomic E-state index is -1.10. The van der Waals surface area contributed by atoms with E-state index in [2.05, 4.69) is 44.6 Å². The van der Waals surface area contributed by atoms with Gasteiger partial charge in [-0.2, -0.15) is 5.43 Å². The molecule has 1 aromatic heterocycles. The Morgan fingerprint density at radius 3 is 2.42 bits per heavy atom. The molecule has 1 atom stereocenters. The second-order valence-electron chi connectivity index (χ2n) is 8.65. The van der Waals surface area contributed by atoms with E-state index in [0.717, 1.165) is 31.9 Å². The molecule has 8 heteroatoms. The lowest BCUT2D eigenvalue weighted by Gasteiger charge is -2.39. The fourth-order valence-electron chi connectivity index (χ4n) is 5.00. The van der Waals surface area contributed by atoms with Crippen molar-refractivity contribution in [1.82, 2.24) is 15.3 Å². The molecule has 1 unspecified atom stereocenters. The number of anilines is 1. The number of nitrogens with one attached hydrogen (secondary N) is 1. The SMILES string of the molecule is NC1=NC(N)(c2ccc(C3CCC(N4CCOCC4)CC3)cc2)NN1c1ccccn1. The number of nitrogens with zero attached hydrogens (tertiary/aromatic N) is 4. The van der Waals surface area contributed by atoms with E-state index in [9.17, 15) is 0 Å². The zero-order valence-corrected chi connectivity index (χ0v) is 17.8. The predicted molar refractivity (Wildman–Crippen MR) is 121 cm³/mol. The van der Waals surface area contributed by atoms with E-state index in [-0.39, 0.29) is 0 Å². The molecule has 5 N–H and O–H groups in total. The van der Waals surface area contributed by atoms with Crippen molar-refractivity contribution in [3.63, 3.8) is 0 Å². The first-order valence-corrected chi connectivity index (χ1v) is 11.2. The summed E-state index contributed by atoms with van der Waals surface area (Å²) in [4.78, 5) is 11.4. The molecule has 1 saturated heterocycles. The molecule has 3 heterocycles. The number of morpholine rings is 1. The van der Waals surface area contributed by atoms with Crippen molar-refractivity contribution in [3.05, 3.63) is 59.8 Å². The summed E-state index contributed by atoms with van der Waals surface area (Å²) >= 11 is 0. The van der Waals surface area contributed by atoms with Gasteiger partial charge in [0.25, 0.3) is 0 Å². The Morgan fingerprint density at radius 2 is 1.74 bits per heavy atom. The number of hydrazine groups is 1. The Kier molecular flexibility index (Phi) is 5.62. The van der Waals surface area contributed by atoms with Gasteiger partial charge in [-0.05, 0) is 49.3 Å². The Balaban J connectivity index is 1.23. The van der Waals surface area contributed by atoms with Crippen molar-refractivity contribution in [3.8, 4) is 0 Å². The smallest absolute Gasteiger partial charge is 0.215 e. The highest BCUT2D eigenvalue weighted by atomic mass is 16.5. The van der Waals surface area contributed by atoms with Crippen LogP contribution in [0.15, 0.2) is 53.7 Å². The first kappa shape index (κ1) is 20.4. The summed E-state index contributed by atoms with van der Waals surface area (Å²) in [7, 11) is 0. The molecular weight excluding hydrogens is 390 g/mol. The molecule has 1 aromatic carbocycles. The molecule has 0 spiro atoms. The third kappa shape index (κ3) is 4.16. The van der Waals surface area contributed by atoms with Crippen molar-refractivity contribution in [2.24, 2.45) is 16.5 Å². The van der Waals surface area contributed by atoms with Crippen LogP contribution in [0, 0.1) is 0 Å². The lowest BCUT2D eigenvalue weighted by atomic mass is 9.81. The van der Waals surface area contributed by atoms with Crippen LogP contribution in [0.5, 0.6) is 0 Å². The van der Waals surface area contributed by atoms with Crippen LogP contribution in [0.25, 0.3) is 0 Å². The first-order chi connectivity index (χ1) is 15.1. The Labute approximate surface area is 183 Å². The van der Waals surface area contributed by atoms with Crippen molar-refractivity contribution in [1.29, 1.82) is 0 Å². The van der Waals surface area contributed by atoms with Gasteiger partial charge in [-0.15, -0.1) is 0 Å². The van der Waals surface area contributed by atoms with Gasteiger partial charge in [0.1, 0.15) is 5.82 Å². The fraction of sp³-hybridized carbons (Fsp3) is 0.478. The Hall–Kier alpha value is -2.52. The second kappa shape index (κ2) is 8.55. The Bertz CT molecular complexity index is 905. The third-order valence-corrected chi connectivity index (χ3v) is 6.76. The molecular formula is C23H31N7O. The molecule has 8 nitrogen and oxygen atoms in total. The Morgan fingerprint density at radius 1 is 1.00 bits per heavy atom. The highest BCUT2D eigenvalue weighted by Gasteiger charge is 2.37. The van der Waals surface area contributed by atoms with Crippen molar-refractivity contribution >= 4 is 11.8 Å². The summed E-state index contributed by atoms with van der Waals surface area (Å²) in [6.07, 6.45) is 6.69. The average Bonchev–Trinajstić information content (AvgIpc) is 3.16. The van der Waals surface area contributed by atoms with Gasteiger partial charge in [0.2, 0.25) is 11.7 Å². The zero-order valence-electron chi connectivity index (χ0n) is 17.8. The normalized spacial score (nSPS) is 29.7. The number of hydrogen-bond donors (Lipinski definition) is 3. The van der Waals surface area contributed by atoms with Crippen LogP contribution in [0.1, 0.15) is 42.7 Å². The van der Waals surface area contributed by atoms with Crippen LogP contribution in [0.2, 0.25) is 0 Å². The molecule has 2 aliphatic heterocycles. The summed E-state index contributed by atoms with van der Waals surface area (Å²) in [5.74, 6) is 0.459. The van der Waals surface area contributed by atoms with Crippen molar-refractivity contribution in [2.45, 2.75) is 43.4 Å². The number of nitrogens with two attached hydrogens (primary N) is 2. The van der Waals surface area contributed by atoms with Crippen LogP contribution in [0.4, 0.5) is 5.82 Å². The standard InChI is InChI=1S/C23H31N7O/c24-22-27-23(25,28-30(22)21-3-1-2-12-26-21)19-8-4-17(5-9-19)18-6-10-20(11-7-18)29-13-15-31-16-14-29/h1-5,8-9,12,18,20,28H,6-7,10-11,13-16,25H2,(H2,24,27). The molecule has 5 rings (SSSR count). The van der Waals surface area contributed by atoms with Gasteiger partial charge in [-0.1, -0.05) is 30.3 Å². The fourth-order valence-corrected chi connectivity index (χ4v) is 5.00. The third-order valence-electron chi connectivity index (χ3n) is 6.76. The van der Waals surface area contributed by atoms with Gasteiger partial charge in [0.15, 0.2) is 0 Å². The second-order valence-corrected chi connectivity index (χ2v) is 8.65. The van der Waals surface area contributed by atoms with Gasteiger partial charge < -0.3 is 10.5 Å². The van der Waals surface area contributed by atoms with E-state index in [4.69, 9.17) is 16.2 Å². The van der Waals surface area contributed by atoms with Crippen LogP contribution in [-0.2, 0) is 10.5 Å². The number of aliphatic imine (C=N–C) groups is 1. The maximum absolute atomic E-state index is 6.56. The monoisotopic (exact) mass is 421 g/mol. The molecule has 1 aliphatic carbocycles. The summed E-state index contributed by atoms with van der Waals surface area (Å²) in [5, 5.41) is 1.63. The van der Waals surface area contributed by atoms with E-state index >= 15 is 0 Å². The van der Waals surface area contributed by atoms with E-state index in [1.165, 1.54) is 31.2 Å². The van der Waals surface area contributed by atoms with Gasteiger partial charge in [0, 0.05) is 30.9 Å². The maximum atomic E-state index is 6.56. The molecule has 31 heavy (non-hydrogen) atoms. The van der Waals surface area contributed by atoms with E-state index in [1.807, 2.05) is 18.2 Å². The highest BCUT2D eigenvalue weighted by molar-refractivity contribution is 5.95. The molecule has 0 amide bonds. The predicted octanol–water partition coefficient (Wildman–Crippen LogP) is 1.85. The van der Waals surface area contributed by atoms with E-state index in [0.29, 0.717) is 23.7 Å². The van der Waals surface area contributed by atoms with Crippen LogP contribution in [-0.4, -0.2) is 48.2 Å².